The third-order valence-corrected chi connectivity index (χ3v) is 8.42. The summed E-state index contributed by atoms with van der Waals surface area (Å²) in [4.78, 5) is 0. The van der Waals surface area contributed by atoms with Gasteiger partial charge in [-0.1, -0.05) is 255 Å². The third kappa shape index (κ3) is 16.6. The molecule has 0 spiro atoms. The minimum absolute atomic E-state index is 1.05. The van der Waals surface area contributed by atoms with Crippen molar-refractivity contribution in [2.75, 3.05) is 0 Å². The van der Waals surface area contributed by atoms with Crippen molar-refractivity contribution in [2.24, 2.45) is 0 Å². The average Bonchev–Trinajstić information content (AvgIpc) is 3.30. The molecule has 0 bridgehead atoms. The number of hydrogen-bond acceptors (Lipinski definition) is 0. The van der Waals surface area contributed by atoms with Gasteiger partial charge in [-0.2, -0.15) is 0 Å². The van der Waals surface area contributed by atoms with Crippen molar-refractivity contribution in [3.8, 4) is 11.8 Å². The fourth-order valence-corrected chi connectivity index (χ4v) is 5.41. The molecule has 8 aromatic carbocycles. The molecule has 0 fully saturated rings. The second kappa shape index (κ2) is 24.9. The lowest BCUT2D eigenvalue weighted by Crippen LogP contribution is -1.89. The Kier molecular flexibility index (Phi) is 17.8. The summed E-state index contributed by atoms with van der Waals surface area (Å²) in [7, 11) is 0. The monoisotopic (exact) mass is 720 g/mol. The molecule has 0 amide bonds. The molecule has 0 saturated heterocycles. The van der Waals surface area contributed by atoms with Crippen LogP contribution in [0.1, 0.15) is 44.5 Å². The summed E-state index contributed by atoms with van der Waals surface area (Å²) in [5.74, 6) is 6.22. The van der Waals surface area contributed by atoms with Crippen molar-refractivity contribution in [2.45, 2.75) is 12.8 Å². The standard InChI is InChI=1S/C14H14.2C14H12.C14H10/c4*1-3-7-13(8-4-1)11-12-14-9-5-2-6-10-14/h1-10H,11-12H2;2*1-12H;1-10H/b;12-11+;12-11-;. The molecule has 0 N–H and O–H groups in total. The highest BCUT2D eigenvalue weighted by Crippen LogP contribution is 2.09. The molecule has 272 valence electrons. The molecule has 8 rings (SSSR count). The lowest BCUT2D eigenvalue weighted by molar-refractivity contribution is 0.960. The summed E-state index contributed by atoms with van der Waals surface area (Å²) in [6.45, 7) is 0. The van der Waals surface area contributed by atoms with Crippen LogP contribution in [0.5, 0.6) is 0 Å². The Morgan fingerprint density at radius 3 is 0.661 bits per heavy atom. The molecule has 0 saturated carbocycles. The second-order valence-electron chi connectivity index (χ2n) is 12.8. The van der Waals surface area contributed by atoms with Crippen LogP contribution in [0.4, 0.5) is 0 Å². The summed E-state index contributed by atoms with van der Waals surface area (Å²) in [6, 6.07) is 82.5. The Morgan fingerprint density at radius 1 is 0.232 bits per heavy atom. The van der Waals surface area contributed by atoms with Crippen LogP contribution in [-0.2, 0) is 12.8 Å². The molecule has 0 aromatic heterocycles. The minimum Gasteiger partial charge on any atom is -0.0622 e. The van der Waals surface area contributed by atoms with Gasteiger partial charge in [0, 0.05) is 11.1 Å². The van der Waals surface area contributed by atoms with Gasteiger partial charge in [0.15, 0.2) is 0 Å². The van der Waals surface area contributed by atoms with Crippen LogP contribution >= 0.6 is 0 Å². The van der Waals surface area contributed by atoms with Crippen LogP contribution in [0.3, 0.4) is 0 Å². The van der Waals surface area contributed by atoms with E-state index in [1.807, 2.05) is 133 Å². The van der Waals surface area contributed by atoms with Crippen molar-refractivity contribution in [3.05, 3.63) is 287 Å². The molecular weight excluding hydrogens is 673 g/mol. The summed E-state index contributed by atoms with van der Waals surface area (Å²) < 4.78 is 0. The molecule has 0 heteroatoms. The number of aryl methyl sites for hydroxylation is 2. The third-order valence-electron chi connectivity index (χ3n) is 8.42. The normalized spacial score (nSPS) is 10.0. The molecule has 0 atom stereocenters. The van der Waals surface area contributed by atoms with Crippen molar-refractivity contribution >= 4 is 24.3 Å². The molecule has 0 aliphatic rings. The molecule has 0 radical (unpaired) electrons. The minimum atomic E-state index is 1.05. The second-order valence-corrected chi connectivity index (χ2v) is 12.8. The van der Waals surface area contributed by atoms with E-state index >= 15 is 0 Å². The highest BCUT2D eigenvalue weighted by atomic mass is 14.0. The summed E-state index contributed by atoms with van der Waals surface area (Å²) in [5.41, 5.74) is 9.86. The van der Waals surface area contributed by atoms with Gasteiger partial charge in [-0.05, 0) is 70.5 Å². The van der Waals surface area contributed by atoms with Crippen LogP contribution in [0.15, 0.2) is 243 Å². The summed E-state index contributed by atoms with van der Waals surface area (Å²) in [5, 5.41) is 0. The molecular formula is C56H48. The van der Waals surface area contributed by atoms with Crippen molar-refractivity contribution in [1.29, 1.82) is 0 Å². The zero-order valence-electron chi connectivity index (χ0n) is 31.8. The maximum absolute atomic E-state index is 3.11. The first-order valence-corrected chi connectivity index (χ1v) is 19.1. The first-order chi connectivity index (χ1) is 27.8. The fraction of sp³-hybridized carbons (Fsp3) is 0.0357. The highest BCUT2D eigenvalue weighted by Gasteiger charge is 1.93. The molecule has 8 aromatic rings. The van der Waals surface area contributed by atoms with Crippen LogP contribution in [-0.4, -0.2) is 0 Å². The van der Waals surface area contributed by atoms with Crippen LogP contribution in [0.2, 0.25) is 0 Å². The highest BCUT2D eigenvalue weighted by molar-refractivity contribution is 5.70. The summed E-state index contributed by atoms with van der Waals surface area (Å²) in [6.07, 6.45) is 10.7. The Hall–Kier alpha value is -7.20. The molecule has 0 heterocycles. The van der Waals surface area contributed by atoms with Gasteiger partial charge in [0.1, 0.15) is 0 Å². The maximum atomic E-state index is 3.11. The predicted octanol–water partition coefficient (Wildman–Crippen LogP) is 14.3. The van der Waals surface area contributed by atoms with E-state index in [1.165, 1.54) is 33.4 Å². The Morgan fingerprint density at radius 2 is 0.429 bits per heavy atom. The van der Waals surface area contributed by atoms with Crippen LogP contribution < -0.4 is 0 Å². The van der Waals surface area contributed by atoms with E-state index in [-0.39, 0.29) is 0 Å². The van der Waals surface area contributed by atoms with E-state index in [1.54, 1.807) is 0 Å². The van der Waals surface area contributed by atoms with Crippen molar-refractivity contribution in [3.63, 3.8) is 0 Å². The van der Waals surface area contributed by atoms with Crippen LogP contribution in [0.25, 0.3) is 24.3 Å². The quantitative estimate of drug-likeness (QED) is 0.114. The smallest absolute Gasteiger partial charge is 0.0249 e. The number of benzene rings is 8. The largest absolute Gasteiger partial charge is 0.0622 e. The first kappa shape index (κ1) is 40.0. The van der Waals surface area contributed by atoms with E-state index in [0.717, 1.165) is 24.0 Å². The van der Waals surface area contributed by atoms with Crippen molar-refractivity contribution < 1.29 is 0 Å². The number of hydrogen-bond donors (Lipinski definition) is 0. The Balaban J connectivity index is 0.000000143. The topological polar surface area (TPSA) is 0 Å². The van der Waals surface area contributed by atoms with Gasteiger partial charge in [0.2, 0.25) is 0 Å². The Labute approximate surface area is 334 Å². The molecule has 56 heavy (non-hydrogen) atoms. The number of rotatable bonds is 7. The predicted molar refractivity (Wildman–Crippen MR) is 243 cm³/mol. The molecule has 0 aliphatic carbocycles. The van der Waals surface area contributed by atoms with E-state index < -0.39 is 0 Å². The van der Waals surface area contributed by atoms with Crippen molar-refractivity contribution in [1.82, 2.24) is 0 Å². The summed E-state index contributed by atoms with van der Waals surface area (Å²) >= 11 is 0. The van der Waals surface area contributed by atoms with E-state index in [2.05, 4.69) is 145 Å². The van der Waals surface area contributed by atoms with E-state index in [4.69, 9.17) is 0 Å². The SMILES string of the molecule is C(#Cc1ccccc1)c1ccccc1.C(=C/c1ccccc1)/c1ccccc1.C(=C\c1ccccc1)/c1ccccc1.c1ccc(CCc2ccccc2)cc1. The van der Waals surface area contributed by atoms with Gasteiger partial charge in [-0.3, -0.25) is 0 Å². The molecule has 0 nitrogen and oxygen atoms in total. The van der Waals surface area contributed by atoms with Gasteiger partial charge in [0.25, 0.3) is 0 Å². The van der Waals surface area contributed by atoms with E-state index in [0.29, 0.717) is 0 Å². The first-order valence-electron chi connectivity index (χ1n) is 19.1. The van der Waals surface area contributed by atoms with Gasteiger partial charge in [-0.15, -0.1) is 0 Å². The van der Waals surface area contributed by atoms with Gasteiger partial charge >= 0.3 is 0 Å². The van der Waals surface area contributed by atoms with Crippen LogP contribution in [0, 0.1) is 11.8 Å². The van der Waals surface area contributed by atoms with Gasteiger partial charge in [-0.25, -0.2) is 0 Å². The zero-order valence-corrected chi connectivity index (χ0v) is 31.8. The molecule has 0 unspecified atom stereocenters. The molecule has 0 aliphatic heterocycles. The lowest BCUT2D eigenvalue weighted by atomic mass is 10.0. The fourth-order valence-electron chi connectivity index (χ4n) is 5.41. The van der Waals surface area contributed by atoms with Gasteiger partial charge in [0.05, 0.1) is 0 Å². The lowest BCUT2D eigenvalue weighted by Gasteiger charge is -2.01. The van der Waals surface area contributed by atoms with E-state index in [9.17, 15) is 0 Å². The zero-order chi connectivity index (χ0) is 38.6. The Bertz CT molecular complexity index is 2030. The average molecular weight is 721 g/mol. The van der Waals surface area contributed by atoms with Gasteiger partial charge < -0.3 is 0 Å². The maximum Gasteiger partial charge on any atom is 0.0249 e.